The SMILES string of the molecule is CCOc1cccc(C(O)c2scnc2C)c1. The van der Waals surface area contributed by atoms with Crippen LogP contribution in [0.4, 0.5) is 0 Å². The van der Waals surface area contributed by atoms with Crippen LogP contribution in [-0.2, 0) is 0 Å². The summed E-state index contributed by atoms with van der Waals surface area (Å²) in [5.74, 6) is 0.784. The molecule has 0 aliphatic carbocycles. The van der Waals surface area contributed by atoms with E-state index < -0.39 is 6.10 Å². The van der Waals surface area contributed by atoms with Gasteiger partial charge in [0.15, 0.2) is 0 Å². The van der Waals surface area contributed by atoms with Crippen molar-refractivity contribution in [3.05, 3.63) is 45.9 Å². The molecule has 0 radical (unpaired) electrons. The molecule has 0 saturated carbocycles. The van der Waals surface area contributed by atoms with E-state index in [1.54, 1.807) is 5.51 Å². The molecule has 0 fully saturated rings. The van der Waals surface area contributed by atoms with Gasteiger partial charge < -0.3 is 9.84 Å². The number of hydrogen-bond donors (Lipinski definition) is 1. The molecule has 2 rings (SSSR count). The number of aryl methyl sites for hydroxylation is 1. The molecule has 1 aromatic heterocycles. The van der Waals surface area contributed by atoms with Gasteiger partial charge in [-0.1, -0.05) is 12.1 Å². The van der Waals surface area contributed by atoms with Crippen LogP contribution in [0.1, 0.15) is 29.2 Å². The number of hydrogen-bond acceptors (Lipinski definition) is 4. The highest BCUT2D eigenvalue weighted by molar-refractivity contribution is 7.09. The minimum Gasteiger partial charge on any atom is -0.494 e. The normalized spacial score (nSPS) is 12.4. The van der Waals surface area contributed by atoms with E-state index in [1.165, 1.54) is 11.3 Å². The molecule has 3 nitrogen and oxygen atoms in total. The molecule has 0 spiro atoms. The molecule has 1 unspecified atom stereocenters. The predicted molar refractivity (Wildman–Crippen MR) is 68.5 cm³/mol. The van der Waals surface area contributed by atoms with E-state index in [0.29, 0.717) is 6.61 Å². The van der Waals surface area contributed by atoms with Gasteiger partial charge in [0, 0.05) is 0 Å². The Morgan fingerprint density at radius 3 is 2.94 bits per heavy atom. The highest BCUT2D eigenvalue weighted by atomic mass is 32.1. The molecule has 90 valence electrons. The number of nitrogens with zero attached hydrogens (tertiary/aromatic N) is 1. The maximum atomic E-state index is 10.3. The second kappa shape index (κ2) is 5.29. The number of benzene rings is 1. The summed E-state index contributed by atoms with van der Waals surface area (Å²) in [5.41, 5.74) is 3.47. The number of rotatable bonds is 4. The molecule has 1 N–H and O–H groups in total. The lowest BCUT2D eigenvalue weighted by Crippen LogP contribution is -2.00. The van der Waals surface area contributed by atoms with Gasteiger partial charge in [0.05, 0.1) is 22.7 Å². The lowest BCUT2D eigenvalue weighted by molar-refractivity contribution is 0.222. The fourth-order valence-corrected chi connectivity index (χ4v) is 2.48. The average molecular weight is 249 g/mol. The van der Waals surface area contributed by atoms with Gasteiger partial charge in [-0.15, -0.1) is 11.3 Å². The van der Waals surface area contributed by atoms with Gasteiger partial charge in [0.1, 0.15) is 11.9 Å². The standard InChI is InChI=1S/C13H15NO2S/c1-3-16-11-6-4-5-10(7-11)12(15)13-9(2)14-8-17-13/h4-8,12,15H,3H2,1-2H3. The summed E-state index contributed by atoms with van der Waals surface area (Å²) in [4.78, 5) is 5.04. The van der Waals surface area contributed by atoms with Crippen molar-refractivity contribution < 1.29 is 9.84 Å². The Labute approximate surface area is 105 Å². The molecule has 4 heteroatoms. The zero-order valence-corrected chi connectivity index (χ0v) is 10.7. The molecule has 2 aromatic rings. The van der Waals surface area contributed by atoms with Gasteiger partial charge in [-0.25, -0.2) is 4.98 Å². The molecule has 17 heavy (non-hydrogen) atoms. The molecule has 1 aromatic carbocycles. The quantitative estimate of drug-likeness (QED) is 0.906. The van der Waals surface area contributed by atoms with Crippen LogP contribution < -0.4 is 4.74 Å². The van der Waals surface area contributed by atoms with Gasteiger partial charge in [-0.3, -0.25) is 0 Å². The molecule has 0 aliphatic heterocycles. The van der Waals surface area contributed by atoms with Crippen LogP contribution in [0.25, 0.3) is 0 Å². The highest BCUT2D eigenvalue weighted by Gasteiger charge is 2.15. The maximum absolute atomic E-state index is 10.3. The second-order valence-corrected chi connectivity index (χ2v) is 4.60. The van der Waals surface area contributed by atoms with Crippen molar-refractivity contribution >= 4 is 11.3 Å². The van der Waals surface area contributed by atoms with E-state index in [-0.39, 0.29) is 0 Å². The minimum absolute atomic E-state index is 0.622. The Bertz CT molecular complexity index is 496. The van der Waals surface area contributed by atoms with Crippen molar-refractivity contribution in [3.8, 4) is 5.75 Å². The first-order valence-corrected chi connectivity index (χ1v) is 6.41. The molecule has 0 bridgehead atoms. The molecule has 0 saturated heterocycles. The fraction of sp³-hybridized carbons (Fsp3) is 0.308. The van der Waals surface area contributed by atoms with Crippen LogP contribution in [0.3, 0.4) is 0 Å². The summed E-state index contributed by atoms with van der Waals surface area (Å²) >= 11 is 1.47. The Balaban J connectivity index is 2.28. The number of aliphatic hydroxyl groups is 1. The first kappa shape index (κ1) is 12.1. The molecule has 1 atom stereocenters. The summed E-state index contributed by atoms with van der Waals surface area (Å²) in [7, 11) is 0. The zero-order valence-electron chi connectivity index (χ0n) is 9.88. The fourth-order valence-electron chi connectivity index (χ4n) is 1.67. The van der Waals surface area contributed by atoms with Crippen LogP contribution in [0.15, 0.2) is 29.8 Å². The Hall–Kier alpha value is -1.39. The molecule has 1 heterocycles. The Kier molecular flexibility index (Phi) is 3.76. The van der Waals surface area contributed by atoms with Crippen LogP contribution in [0.5, 0.6) is 5.75 Å². The van der Waals surface area contributed by atoms with Crippen molar-refractivity contribution in [2.24, 2.45) is 0 Å². The van der Waals surface area contributed by atoms with E-state index in [2.05, 4.69) is 4.98 Å². The van der Waals surface area contributed by atoms with Crippen LogP contribution in [0, 0.1) is 6.92 Å². The minimum atomic E-state index is -0.622. The van der Waals surface area contributed by atoms with Gasteiger partial charge in [-0.2, -0.15) is 0 Å². The summed E-state index contributed by atoms with van der Waals surface area (Å²) in [6.07, 6.45) is -0.622. The number of aliphatic hydroxyl groups excluding tert-OH is 1. The van der Waals surface area contributed by atoms with Gasteiger partial charge in [0.2, 0.25) is 0 Å². The van der Waals surface area contributed by atoms with Crippen molar-refractivity contribution in [2.45, 2.75) is 20.0 Å². The summed E-state index contributed by atoms with van der Waals surface area (Å²) in [6.45, 7) is 4.47. The third-order valence-electron chi connectivity index (χ3n) is 2.52. The number of ether oxygens (including phenoxy) is 1. The molecular weight excluding hydrogens is 234 g/mol. The van der Waals surface area contributed by atoms with E-state index in [0.717, 1.165) is 21.9 Å². The van der Waals surface area contributed by atoms with Crippen LogP contribution >= 0.6 is 11.3 Å². The van der Waals surface area contributed by atoms with Crippen molar-refractivity contribution in [1.29, 1.82) is 0 Å². The zero-order chi connectivity index (χ0) is 12.3. The molecule has 0 aliphatic rings. The van der Waals surface area contributed by atoms with E-state index >= 15 is 0 Å². The second-order valence-electron chi connectivity index (χ2n) is 3.71. The molecule has 0 amide bonds. The Morgan fingerprint density at radius 1 is 1.47 bits per heavy atom. The van der Waals surface area contributed by atoms with Gasteiger partial charge in [0.25, 0.3) is 0 Å². The number of aromatic nitrogens is 1. The third-order valence-corrected chi connectivity index (χ3v) is 3.50. The first-order chi connectivity index (χ1) is 8.22. The summed E-state index contributed by atoms with van der Waals surface area (Å²) < 4.78 is 5.42. The average Bonchev–Trinajstić information content (AvgIpc) is 2.75. The molecular formula is C13H15NO2S. The Morgan fingerprint density at radius 2 is 2.29 bits per heavy atom. The first-order valence-electron chi connectivity index (χ1n) is 5.53. The van der Waals surface area contributed by atoms with Gasteiger partial charge in [-0.05, 0) is 31.5 Å². The lowest BCUT2D eigenvalue weighted by atomic mass is 10.1. The number of thiazole rings is 1. The summed E-state index contributed by atoms with van der Waals surface area (Å²) in [6, 6.07) is 7.54. The van der Waals surface area contributed by atoms with Crippen LogP contribution in [-0.4, -0.2) is 16.7 Å². The monoisotopic (exact) mass is 249 g/mol. The van der Waals surface area contributed by atoms with E-state index in [1.807, 2.05) is 38.1 Å². The smallest absolute Gasteiger partial charge is 0.119 e. The van der Waals surface area contributed by atoms with Crippen molar-refractivity contribution in [2.75, 3.05) is 6.61 Å². The van der Waals surface area contributed by atoms with E-state index in [4.69, 9.17) is 4.74 Å². The predicted octanol–water partition coefficient (Wildman–Crippen LogP) is 2.93. The largest absolute Gasteiger partial charge is 0.494 e. The van der Waals surface area contributed by atoms with Crippen LogP contribution in [0.2, 0.25) is 0 Å². The maximum Gasteiger partial charge on any atom is 0.119 e. The van der Waals surface area contributed by atoms with Crippen molar-refractivity contribution in [3.63, 3.8) is 0 Å². The topological polar surface area (TPSA) is 42.4 Å². The lowest BCUT2D eigenvalue weighted by Gasteiger charge is -2.11. The van der Waals surface area contributed by atoms with E-state index in [9.17, 15) is 5.11 Å². The highest BCUT2D eigenvalue weighted by Crippen LogP contribution is 2.29. The third kappa shape index (κ3) is 2.65. The van der Waals surface area contributed by atoms with Gasteiger partial charge >= 0.3 is 0 Å². The summed E-state index contributed by atoms with van der Waals surface area (Å²) in [5, 5.41) is 10.3. The van der Waals surface area contributed by atoms with Crippen molar-refractivity contribution in [1.82, 2.24) is 4.98 Å².